The molecule has 1 aromatic heterocycles. The number of benzene rings is 2. The van der Waals surface area contributed by atoms with Crippen molar-refractivity contribution in [3.05, 3.63) is 46.5 Å². The molecule has 9 heteroatoms. The molecule has 0 saturated heterocycles. The molecule has 2 aromatic carbocycles. The van der Waals surface area contributed by atoms with E-state index in [1.54, 1.807) is 18.2 Å². The van der Waals surface area contributed by atoms with Crippen LogP contribution >= 0.6 is 11.3 Å². The van der Waals surface area contributed by atoms with Crippen LogP contribution in [0, 0.1) is 10.1 Å². The van der Waals surface area contributed by atoms with Crippen LogP contribution in [0.2, 0.25) is 0 Å². The van der Waals surface area contributed by atoms with Crippen LogP contribution in [0.3, 0.4) is 0 Å². The van der Waals surface area contributed by atoms with Gasteiger partial charge in [0.05, 0.1) is 15.1 Å². The Labute approximate surface area is 153 Å². The highest BCUT2D eigenvalue weighted by Gasteiger charge is 2.11. The molecule has 3 aromatic rings. The molecular weight excluding hydrogens is 354 g/mol. The molecule has 1 heterocycles. The standard InChI is InChI=1S/C17H17N5O3S/c1-3-21(4-2)11-5-7-13(15(23)9-11)19-20-17-18-14-8-6-12(22(24)25)10-16(14)26-17/h5-10,23H,3-4H2,1-2H3. The summed E-state index contributed by atoms with van der Waals surface area (Å²) in [7, 11) is 0. The van der Waals surface area contributed by atoms with Gasteiger partial charge in [0.1, 0.15) is 11.4 Å². The molecule has 0 radical (unpaired) electrons. The number of thiazole rings is 1. The third kappa shape index (κ3) is 3.62. The summed E-state index contributed by atoms with van der Waals surface area (Å²) >= 11 is 1.20. The van der Waals surface area contributed by atoms with E-state index in [-0.39, 0.29) is 11.4 Å². The number of nitrogens with zero attached hydrogens (tertiary/aromatic N) is 5. The van der Waals surface area contributed by atoms with Crippen LogP contribution < -0.4 is 4.90 Å². The molecule has 3 rings (SSSR count). The van der Waals surface area contributed by atoms with Gasteiger partial charge in [0.25, 0.3) is 5.69 Å². The maximum atomic E-state index is 10.8. The number of nitro groups is 1. The van der Waals surface area contributed by atoms with Gasteiger partial charge in [-0.05, 0) is 32.0 Å². The van der Waals surface area contributed by atoms with Gasteiger partial charge in [0.15, 0.2) is 0 Å². The molecule has 0 spiro atoms. The lowest BCUT2D eigenvalue weighted by Gasteiger charge is -2.21. The van der Waals surface area contributed by atoms with E-state index in [1.165, 1.54) is 23.5 Å². The smallest absolute Gasteiger partial charge is 0.270 e. The van der Waals surface area contributed by atoms with Gasteiger partial charge in [-0.15, -0.1) is 10.2 Å². The molecule has 0 aliphatic rings. The van der Waals surface area contributed by atoms with Gasteiger partial charge in [-0.1, -0.05) is 11.3 Å². The summed E-state index contributed by atoms with van der Waals surface area (Å²) in [6.07, 6.45) is 0. The van der Waals surface area contributed by atoms with Crippen LogP contribution in [-0.4, -0.2) is 28.1 Å². The Morgan fingerprint density at radius 3 is 2.62 bits per heavy atom. The van der Waals surface area contributed by atoms with Crippen LogP contribution in [0.4, 0.5) is 22.2 Å². The first kappa shape index (κ1) is 17.7. The number of phenolic OH excluding ortho intramolecular Hbond substituents is 1. The topological polar surface area (TPSA) is 104 Å². The number of fused-ring (bicyclic) bond motifs is 1. The molecule has 0 aliphatic heterocycles. The van der Waals surface area contributed by atoms with E-state index in [4.69, 9.17) is 0 Å². The third-order valence-corrected chi connectivity index (χ3v) is 4.80. The second-order valence-electron chi connectivity index (χ2n) is 5.45. The molecule has 0 saturated carbocycles. The van der Waals surface area contributed by atoms with Crippen molar-refractivity contribution >= 4 is 43.7 Å². The van der Waals surface area contributed by atoms with Crippen molar-refractivity contribution in [1.29, 1.82) is 0 Å². The Morgan fingerprint density at radius 1 is 1.19 bits per heavy atom. The highest BCUT2D eigenvalue weighted by molar-refractivity contribution is 7.21. The predicted molar refractivity (Wildman–Crippen MR) is 102 cm³/mol. The highest BCUT2D eigenvalue weighted by atomic mass is 32.1. The zero-order chi connectivity index (χ0) is 18.7. The second kappa shape index (κ2) is 7.44. The zero-order valence-electron chi connectivity index (χ0n) is 14.3. The summed E-state index contributed by atoms with van der Waals surface area (Å²) in [6, 6.07) is 9.68. The van der Waals surface area contributed by atoms with Gasteiger partial charge < -0.3 is 10.0 Å². The van der Waals surface area contributed by atoms with Crippen LogP contribution in [0.25, 0.3) is 10.2 Å². The lowest BCUT2D eigenvalue weighted by Crippen LogP contribution is -2.21. The Kier molecular flexibility index (Phi) is 5.08. The van der Waals surface area contributed by atoms with Crippen molar-refractivity contribution in [3.8, 4) is 5.75 Å². The molecule has 0 aliphatic carbocycles. The lowest BCUT2D eigenvalue weighted by atomic mass is 10.2. The molecule has 1 N–H and O–H groups in total. The number of anilines is 1. The summed E-state index contributed by atoms with van der Waals surface area (Å²) in [5.74, 6) is 0.0369. The summed E-state index contributed by atoms with van der Waals surface area (Å²) in [5.41, 5.74) is 1.88. The maximum Gasteiger partial charge on any atom is 0.270 e. The van der Waals surface area contributed by atoms with Crippen molar-refractivity contribution in [2.24, 2.45) is 10.2 Å². The monoisotopic (exact) mass is 371 g/mol. The molecule has 0 bridgehead atoms. The van der Waals surface area contributed by atoms with Crippen molar-refractivity contribution in [2.45, 2.75) is 13.8 Å². The summed E-state index contributed by atoms with van der Waals surface area (Å²) in [5, 5.41) is 29.5. The van der Waals surface area contributed by atoms with E-state index in [9.17, 15) is 15.2 Å². The zero-order valence-corrected chi connectivity index (χ0v) is 15.1. The van der Waals surface area contributed by atoms with E-state index in [0.717, 1.165) is 18.8 Å². The van der Waals surface area contributed by atoms with E-state index in [1.807, 2.05) is 19.9 Å². The minimum Gasteiger partial charge on any atom is -0.506 e. The number of aromatic hydroxyl groups is 1. The van der Waals surface area contributed by atoms with Gasteiger partial charge >= 0.3 is 0 Å². The van der Waals surface area contributed by atoms with Crippen molar-refractivity contribution in [1.82, 2.24) is 4.98 Å². The van der Waals surface area contributed by atoms with Crippen LogP contribution in [0.5, 0.6) is 5.75 Å². The number of phenols is 1. The van der Waals surface area contributed by atoms with Crippen LogP contribution in [0.15, 0.2) is 46.6 Å². The molecule has 26 heavy (non-hydrogen) atoms. The summed E-state index contributed by atoms with van der Waals surface area (Å²) in [4.78, 5) is 16.8. The fourth-order valence-electron chi connectivity index (χ4n) is 2.54. The fraction of sp³-hybridized carbons (Fsp3) is 0.235. The number of azo groups is 1. The van der Waals surface area contributed by atoms with E-state index >= 15 is 0 Å². The maximum absolute atomic E-state index is 10.8. The molecule has 8 nitrogen and oxygen atoms in total. The van der Waals surface area contributed by atoms with E-state index in [0.29, 0.717) is 21.0 Å². The Morgan fingerprint density at radius 2 is 1.96 bits per heavy atom. The van der Waals surface area contributed by atoms with Gasteiger partial charge in [0, 0.05) is 37.0 Å². The van der Waals surface area contributed by atoms with Crippen molar-refractivity contribution in [3.63, 3.8) is 0 Å². The largest absolute Gasteiger partial charge is 0.506 e. The van der Waals surface area contributed by atoms with Gasteiger partial charge in [-0.25, -0.2) is 4.98 Å². The van der Waals surface area contributed by atoms with Gasteiger partial charge in [-0.2, -0.15) is 0 Å². The second-order valence-corrected chi connectivity index (χ2v) is 6.46. The van der Waals surface area contributed by atoms with Crippen molar-refractivity contribution < 1.29 is 10.0 Å². The number of nitro benzene ring substituents is 1. The number of rotatable bonds is 6. The summed E-state index contributed by atoms with van der Waals surface area (Å²) in [6.45, 7) is 5.78. The van der Waals surface area contributed by atoms with E-state index in [2.05, 4.69) is 20.1 Å². The normalized spacial score (nSPS) is 11.3. The van der Waals surface area contributed by atoms with Crippen LogP contribution in [0.1, 0.15) is 13.8 Å². The first-order chi connectivity index (χ1) is 12.5. The van der Waals surface area contributed by atoms with Gasteiger partial charge in [0.2, 0.25) is 5.13 Å². The molecule has 134 valence electrons. The number of hydrogen-bond acceptors (Lipinski definition) is 8. The first-order valence-corrected chi connectivity index (χ1v) is 8.88. The average molecular weight is 371 g/mol. The molecule has 0 unspecified atom stereocenters. The highest BCUT2D eigenvalue weighted by Crippen LogP contribution is 2.35. The molecule has 0 amide bonds. The SMILES string of the molecule is CCN(CC)c1ccc(N=Nc2nc3ccc([N+](=O)[O-])cc3s2)c(O)c1. The number of hydrogen-bond donors (Lipinski definition) is 1. The minimum absolute atomic E-state index is 0.00859. The van der Waals surface area contributed by atoms with Gasteiger partial charge in [-0.3, -0.25) is 10.1 Å². The Balaban J connectivity index is 1.85. The fourth-order valence-corrected chi connectivity index (χ4v) is 3.36. The van der Waals surface area contributed by atoms with Crippen molar-refractivity contribution in [2.75, 3.05) is 18.0 Å². The first-order valence-electron chi connectivity index (χ1n) is 8.06. The average Bonchev–Trinajstić information content (AvgIpc) is 3.04. The number of non-ortho nitro benzene ring substituents is 1. The Hall–Kier alpha value is -3.07. The molecular formula is C17H17N5O3S. The predicted octanol–water partition coefficient (Wildman–Crippen LogP) is 5.17. The van der Waals surface area contributed by atoms with Crippen LogP contribution in [-0.2, 0) is 0 Å². The van der Waals surface area contributed by atoms with E-state index < -0.39 is 4.92 Å². The lowest BCUT2D eigenvalue weighted by molar-refractivity contribution is -0.384. The number of aromatic nitrogens is 1. The summed E-state index contributed by atoms with van der Waals surface area (Å²) < 4.78 is 0.661. The molecule has 0 atom stereocenters. The Bertz CT molecular complexity index is 982. The third-order valence-electron chi connectivity index (χ3n) is 3.90. The molecule has 0 fully saturated rings. The quantitative estimate of drug-likeness (QED) is 0.365. The minimum atomic E-state index is -0.449.